The normalized spacial score (nSPS) is 12.7. The number of allylic oxidation sites excluding steroid dienone is 1. The number of benzene rings is 1. The van der Waals surface area contributed by atoms with E-state index in [4.69, 9.17) is 5.73 Å². The molecule has 102 valence electrons. The summed E-state index contributed by atoms with van der Waals surface area (Å²) in [6.45, 7) is 10.4. The van der Waals surface area contributed by atoms with Gasteiger partial charge in [-0.3, -0.25) is 0 Å². The highest BCUT2D eigenvalue weighted by atomic mass is 35.5. The molecule has 0 aromatic heterocycles. The zero-order valence-electron chi connectivity index (χ0n) is 11.5. The molecule has 2 N–H and O–H groups in total. The minimum absolute atomic E-state index is 0. The third-order valence-corrected chi connectivity index (χ3v) is 3.62. The molecule has 0 aliphatic rings. The summed E-state index contributed by atoms with van der Waals surface area (Å²) in [5, 5.41) is 0. The van der Waals surface area contributed by atoms with Crippen molar-refractivity contribution >= 4 is 24.2 Å². The summed E-state index contributed by atoms with van der Waals surface area (Å²) in [5.41, 5.74) is 7.50. The molecule has 0 unspecified atom stereocenters. The molecule has 0 radical (unpaired) electrons. The lowest BCUT2D eigenvalue weighted by Crippen LogP contribution is -2.13. The predicted octanol–water partition coefficient (Wildman–Crippen LogP) is 4.97. The molecule has 0 aliphatic heterocycles. The van der Waals surface area contributed by atoms with Crippen LogP contribution in [0.5, 0.6) is 0 Å². The highest BCUT2D eigenvalue weighted by molar-refractivity contribution is 8.00. The molecule has 3 heteroatoms. The van der Waals surface area contributed by atoms with Crippen LogP contribution in [0.1, 0.15) is 45.2 Å². The van der Waals surface area contributed by atoms with Gasteiger partial charge in [0.25, 0.3) is 0 Å². The zero-order valence-corrected chi connectivity index (χ0v) is 13.1. The fraction of sp³-hybridized carbons (Fsp3) is 0.467. The van der Waals surface area contributed by atoms with E-state index in [0.29, 0.717) is 0 Å². The monoisotopic (exact) mass is 285 g/mol. The molecular weight excluding hydrogens is 262 g/mol. The zero-order chi connectivity index (χ0) is 12.9. The van der Waals surface area contributed by atoms with Gasteiger partial charge in [0.05, 0.1) is 0 Å². The molecule has 18 heavy (non-hydrogen) atoms. The Bertz CT molecular complexity index is 371. The van der Waals surface area contributed by atoms with Gasteiger partial charge < -0.3 is 5.73 Å². The van der Waals surface area contributed by atoms with Gasteiger partial charge in [-0.05, 0) is 24.5 Å². The van der Waals surface area contributed by atoms with Crippen LogP contribution >= 0.6 is 24.2 Å². The lowest BCUT2D eigenvalue weighted by molar-refractivity contribution is 0.649. The highest BCUT2D eigenvalue weighted by Gasteiger charge is 2.17. The summed E-state index contributed by atoms with van der Waals surface area (Å²) in [6.07, 6.45) is 3.86. The van der Waals surface area contributed by atoms with E-state index in [-0.39, 0.29) is 23.2 Å². The van der Waals surface area contributed by atoms with E-state index < -0.39 is 0 Å². The first-order valence-corrected chi connectivity index (χ1v) is 6.90. The molecule has 0 saturated carbocycles. The number of rotatable bonds is 5. The van der Waals surface area contributed by atoms with E-state index in [1.165, 1.54) is 10.5 Å². The van der Waals surface area contributed by atoms with Crippen molar-refractivity contribution in [3.63, 3.8) is 0 Å². The van der Waals surface area contributed by atoms with Gasteiger partial charge in [0.15, 0.2) is 0 Å². The summed E-state index contributed by atoms with van der Waals surface area (Å²) in [4.78, 5) is 1.30. The number of thioether (sulfide) groups is 1. The molecule has 1 rings (SSSR count). The third kappa shape index (κ3) is 5.94. The molecule has 1 aromatic rings. The van der Waals surface area contributed by atoms with E-state index in [1.807, 2.05) is 17.8 Å². The second-order valence-electron chi connectivity index (χ2n) is 5.22. The second kappa shape index (κ2) is 7.88. The van der Waals surface area contributed by atoms with Crippen molar-refractivity contribution in [3.8, 4) is 0 Å². The first kappa shape index (κ1) is 17.6. The quantitative estimate of drug-likeness (QED) is 0.611. The Labute approximate surface area is 122 Å². The standard InChI is InChI=1S/C15H23NS.ClH/c1-5-6-10-13(16)12-9-7-8-11-14(12)17-15(2,3)4;/h5,7-9,11,13H,1,6,10,16H2,2-4H3;1H/t13-;/m0./s1. The van der Waals surface area contributed by atoms with Crippen LogP contribution in [0, 0.1) is 0 Å². The molecule has 0 spiro atoms. The number of nitrogens with two attached hydrogens (primary N) is 1. The summed E-state index contributed by atoms with van der Waals surface area (Å²) in [7, 11) is 0. The van der Waals surface area contributed by atoms with Gasteiger partial charge in [0, 0.05) is 15.7 Å². The first-order valence-electron chi connectivity index (χ1n) is 6.08. The van der Waals surface area contributed by atoms with Crippen molar-refractivity contribution in [3.05, 3.63) is 42.5 Å². The van der Waals surface area contributed by atoms with Crippen LogP contribution in [0.3, 0.4) is 0 Å². The largest absolute Gasteiger partial charge is 0.324 e. The Hall–Kier alpha value is -0.440. The number of hydrogen-bond acceptors (Lipinski definition) is 2. The van der Waals surface area contributed by atoms with Gasteiger partial charge >= 0.3 is 0 Å². The molecule has 0 heterocycles. The third-order valence-electron chi connectivity index (χ3n) is 2.42. The average Bonchev–Trinajstić information content (AvgIpc) is 2.24. The second-order valence-corrected chi connectivity index (χ2v) is 7.09. The Balaban J connectivity index is 0.00000289. The average molecular weight is 286 g/mol. The maximum absolute atomic E-state index is 6.24. The van der Waals surface area contributed by atoms with Gasteiger partial charge in [0.2, 0.25) is 0 Å². The van der Waals surface area contributed by atoms with Gasteiger partial charge in [0.1, 0.15) is 0 Å². The maximum Gasteiger partial charge on any atom is 0.0308 e. The van der Waals surface area contributed by atoms with Crippen molar-refractivity contribution in [1.29, 1.82) is 0 Å². The Kier molecular flexibility index (Phi) is 7.69. The minimum Gasteiger partial charge on any atom is -0.324 e. The van der Waals surface area contributed by atoms with Gasteiger partial charge in [-0.1, -0.05) is 45.0 Å². The first-order chi connectivity index (χ1) is 7.94. The van der Waals surface area contributed by atoms with Crippen molar-refractivity contribution in [2.45, 2.75) is 49.3 Å². The Morgan fingerprint density at radius 1 is 1.33 bits per heavy atom. The fourth-order valence-electron chi connectivity index (χ4n) is 1.66. The molecule has 0 bridgehead atoms. The van der Waals surface area contributed by atoms with Crippen molar-refractivity contribution in [1.82, 2.24) is 0 Å². The summed E-state index contributed by atoms with van der Waals surface area (Å²) >= 11 is 1.88. The van der Waals surface area contributed by atoms with E-state index >= 15 is 0 Å². The van der Waals surface area contributed by atoms with Crippen LogP contribution in [0.2, 0.25) is 0 Å². The van der Waals surface area contributed by atoms with E-state index in [9.17, 15) is 0 Å². The van der Waals surface area contributed by atoms with Gasteiger partial charge in [-0.15, -0.1) is 30.7 Å². The summed E-state index contributed by atoms with van der Waals surface area (Å²) < 4.78 is 0.217. The smallest absolute Gasteiger partial charge is 0.0308 e. The van der Waals surface area contributed by atoms with Crippen molar-refractivity contribution in [2.75, 3.05) is 0 Å². The maximum atomic E-state index is 6.24. The highest BCUT2D eigenvalue weighted by Crippen LogP contribution is 2.36. The van der Waals surface area contributed by atoms with E-state index in [0.717, 1.165) is 12.8 Å². The molecular formula is C15H24ClNS. The van der Waals surface area contributed by atoms with Gasteiger partial charge in [-0.25, -0.2) is 0 Å². The van der Waals surface area contributed by atoms with Crippen LogP contribution in [0.4, 0.5) is 0 Å². The Morgan fingerprint density at radius 3 is 2.50 bits per heavy atom. The summed E-state index contributed by atoms with van der Waals surface area (Å²) in [6, 6.07) is 8.56. The van der Waals surface area contributed by atoms with Crippen LogP contribution in [0.25, 0.3) is 0 Å². The number of hydrogen-bond donors (Lipinski definition) is 1. The lowest BCUT2D eigenvalue weighted by atomic mass is 10.0. The summed E-state index contributed by atoms with van der Waals surface area (Å²) in [5.74, 6) is 0. The van der Waals surface area contributed by atoms with Crippen LogP contribution < -0.4 is 5.73 Å². The molecule has 1 nitrogen and oxygen atoms in total. The van der Waals surface area contributed by atoms with Crippen LogP contribution in [-0.4, -0.2) is 4.75 Å². The minimum atomic E-state index is 0. The van der Waals surface area contributed by atoms with E-state index in [1.54, 1.807) is 0 Å². The Morgan fingerprint density at radius 2 is 1.94 bits per heavy atom. The fourth-order valence-corrected chi connectivity index (χ4v) is 2.81. The van der Waals surface area contributed by atoms with Crippen LogP contribution in [-0.2, 0) is 0 Å². The molecule has 0 amide bonds. The van der Waals surface area contributed by atoms with Crippen molar-refractivity contribution in [2.24, 2.45) is 5.73 Å². The topological polar surface area (TPSA) is 26.0 Å². The lowest BCUT2D eigenvalue weighted by Gasteiger charge is -2.22. The number of halogens is 1. The molecule has 0 fully saturated rings. The van der Waals surface area contributed by atoms with Crippen LogP contribution in [0.15, 0.2) is 41.8 Å². The molecule has 1 aromatic carbocycles. The van der Waals surface area contributed by atoms with Gasteiger partial charge in [-0.2, -0.15) is 0 Å². The predicted molar refractivity (Wildman–Crippen MR) is 85.7 cm³/mol. The van der Waals surface area contributed by atoms with E-state index in [2.05, 4.69) is 51.6 Å². The molecule has 0 aliphatic carbocycles. The SMILES string of the molecule is C=CCC[C@H](N)c1ccccc1SC(C)(C)C.Cl. The molecule has 0 saturated heterocycles. The molecule has 1 atom stereocenters. The van der Waals surface area contributed by atoms with Crippen molar-refractivity contribution < 1.29 is 0 Å².